The van der Waals surface area contributed by atoms with Crippen molar-refractivity contribution in [3.05, 3.63) is 51.6 Å². The number of aromatic nitrogens is 1. The second-order valence-electron chi connectivity index (χ2n) is 5.70. The summed E-state index contributed by atoms with van der Waals surface area (Å²) in [4.78, 5) is 27.3. The minimum atomic E-state index is -0.506. The number of nitro benzene ring substituents is 1. The van der Waals surface area contributed by atoms with Gasteiger partial charge in [0.15, 0.2) is 16.6 Å². The normalized spacial score (nSPS) is 12.8. The maximum absolute atomic E-state index is 12.4. The van der Waals surface area contributed by atoms with Crippen LogP contribution in [0.15, 0.2) is 30.3 Å². The Hall–Kier alpha value is -3.20. The number of thiazole rings is 1. The molecule has 8 nitrogen and oxygen atoms in total. The Balaban J connectivity index is 1.61. The van der Waals surface area contributed by atoms with Gasteiger partial charge in [-0.2, -0.15) is 0 Å². The van der Waals surface area contributed by atoms with Crippen LogP contribution < -0.4 is 14.8 Å². The molecular weight excluding hydrogens is 358 g/mol. The van der Waals surface area contributed by atoms with Crippen molar-refractivity contribution in [3.8, 4) is 11.5 Å². The van der Waals surface area contributed by atoms with Crippen molar-refractivity contribution < 1.29 is 19.2 Å². The Bertz CT molecular complexity index is 1000. The molecule has 0 unspecified atom stereocenters. The van der Waals surface area contributed by atoms with Crippen molar-refractivity contribution in [2.75, 3.05) is 18.5 Å². The molecule has 2 aromatic carbocycles. The predicted molar refractivity (Wildman–Crippen MR) is 96.4 cm³/mol. The summed E-state index contributed by atoms with van der Waals surface area (Å²) >= 11 is 1.29. The Morgan fingerprint density at radius 2 is 1.96 bits per heavy atom. The highest BCUT2D eigenvalue weighted by atomic mass is 32.1. The minimum absolute atomic E-state index is 0.0936. The van der Waals surface area contributed by atoms with Gasteiger partial charge < -0.3 is 9.47 Å². The largest absolute Gasteiger partial charge is 0.486 e. The number of nitrogens with zero attached hydrogens (tertiary/aromatic N) is 2. The van der Waals surface area contributed by atoms with Gasteiger partial charge in [-0.05, 0) is 13.0 Å². The SMILES string of the molecule is Cc1ccc(C(=O)Nc2nc3cc4c(cc3s2)OCCO4)cc1[N+](=O)[O-]. The fourth-order valence-electron chi connectivity index (χ4n) is 2.63. The maximum Gasteiger partial charge on any atom is 0.273 e. The molecule has 2 heterocycles. The van der Waals surface area contributed by atoms with Gasteiger partial charge in [0.2, 0.25) is 0 Å². The lowest BCUT2D eigenvalue weighted by Gasteiger charge is -2.17. The lowest BCUT2D eigenvalue weighted by atomic mass is 10.1. The smallest absolute Gasteiger partial charge is 0.273 e. The summed E-state index contributed by atoms with van der Waals surface area (Å²) in [6, 6.07) is 7.96. The van der Waals surface area contributed by atoms with Crippen molar-refractivity contribution in [2.24, 2.45) is 0 Å². The first kappa shape index (κ1) is 16.3. The summed E-state index contributed by atoms with van der Waals surface area (Å²) in [6.07, 6.45) is 0. The first-order valence-electron chi connectivity index (χ1n) is 7.78. The number of amides is 1. The molecule has 1 amide bonds. The third-order valence-corrected chi connectivity index (χ3v) is 4.87. The van der Waals surface area contributed by atoms with Crippen LogP contribution in [0.3, 0.4) is 0 Å². The molecule has 1 aliphatic rings. The molecular formula is C17H13N3O5S. The summed E-state index contributed by atoms with van der Waals surface area (Å²) in [5.74, 6) is 0.824. The van der Waals surface area contributed by atoms with E-state index in [2.05, 4.69) is 10.3 Å². The Kier molecular flexibility index (Phi) is 3.92. The first-order chi connectivity index (χ1) is 12.5. The van der Waals surface area contributed by atoms with Crippen LogP contribution in [0.2, 0.25) is 0 Å². The van der Waals surface area contributed by atoms with E-state index in [0.29, 0.717) is 40.9 Å². The molecule has 26 heavy (non-hydrogen) atoms. The molecule has 1 aromatic heterocycles. The molecule has 0 saturated heterocycles. The average Bonchev–Trinajstić information content (AvgIpc) is 3.00. The van der Waals surface area contributed by atoms with E-state index >= 15 is 0 Å². The van der Waals surface area contributed by atoms with E-state index < -0.39 is 10.8 Å². The lowest BCUT2D eigenvalue weighted by molar-refractivity contribution is -0.385. The van der Waals surface area contributed by atoms with E-state index in [1.165, 1.54) is 17.4 Å². The monoisotopic (exact) mass is 371 g/mol. The van der Waals surface area contributed by atoms with E-state index in [0.717, 1.165) is 4.70 Å². The van der Waals surface area contributed by atoms with Gasteiger partial charge in [0.05, 0.1) is 15.1 Å². The van der Waals surface area contributed by atoms with Gasteiger partial charge >= 0.3 is 0 Å². The number of anilines is 1. The number of ether oxygens (including phenoxy) is 2. The van der Waals surface area contributed by atoms with Gasteiger partial charge in [0.1, 0.15) is 13.2 Å². The van der Waals surface area contributed by atoms with E-state index in [9.17, 15) is 14.9 Å². The molecule has 1 aliphatic heterocycles. The molecule has 0 fully saturated rings. The van der Waals surface area contributed by atoms with Gasteiger partial charge in [0, 0.05) is 29.3 Å². The molecule has 4 rings (SSSR count). The third-order valence-electron chi connectivity index (χ3n) is 3.94. The van der Waals surface area contributed by atoms with E-state index in [1.54, 1.807) is 25.1 Å². The van der Waals surface area contributed by atoms with E-state index in [1.807, 2.05) is 6.07 Å². The summed E-state index contributed by atoms with van der Waals surface area (Å²) < 4.78 is 11.9. The molecule has 3 aromatic rings. The zero-order valence-corrected chi connectivity index (χ0v) is 14.5. The first-order valence-corrected chi connectivity index (χ1v) is 8.59. The second kappa shape index (κ2) is 6.26. The van der Waals surface area contributed by atoms with Crippen LogP contribution in [0, 0.1) is 17.0 Å². The Morgan fingerprint density at radius 1 is 1.23 bits per heavy atom. The second-order valence-corrected chi connectivity index (χ2v) is 6.73. The number of fused-ring (bicyclic) bond motifs is 2. The van der Waals surface area contributed by atoms with Crippen LogP contribution in [-0.2, 0) is 0 Å². The lowest BCUT2D eigenvalue weighted by Crippen LogP contribution is -2.15. The molecule has 132 valence electrons. The predicted octanol–water partition coefficient (Wildman–Crippen LogP) is 3.54. The van der Waals surface area contributed by atoms with Crippen LogP contribution in [0.4, 0.5) is 10.8 Å². The highest BCUT2D eigenvalue weighted by molar-refractivity contribution is 7.22. The third kappa shape index (κ3) is 2.93. The van der Waals surface area contributed by atoms with Gasteiger partial charge in [0.25, 0.3) is 11.6 Å². The molecule has 0 atom stereocenters. The van der Waals surface area contributed by atoms with Crippen LogP contribution in [0.25, 0.3) is 10.2 Å². The quantitative estimate of drug-likeness (QED) is 0.558. The molecule has 0 saturated carbocycles. The zero-order chi connectivity index (χ0) is 18.3. The van der Waals surface area contributed by atoms with Gasteiger partial charge in [-0.15, -0.1) is 0 Å². The number of carbonyl (C=O) groups excluding carboxylic acids is 1. The fraction of sp³-hybridized carbons (Fsp3) is 0.176. The number of nitrogens with one attached hydrogen (secondary N) is 1. The van der Waals surface area contributed by atoms with Crippen LogP contribution in [0.5, 0.6) is 11.5 Å². The van der Waals surface area contributed by atoms with Crippen LogP contribution in [0.1, 0.15) is 15.9 Å². The molecule has 0 aliphatic carbocycles. The highest BCUT2D eigenvalue weighted by Gasteiger charge is 2.18. The summed E-state index contributed by atoms with van der Waals surface area (Å²) in [6.45, 7) is 2.60. The molecule has 9 heteroatoms. The van der Waals surface area contributed by atoms with Crippen molar-refractivity contribution in [3.63, 3.8) is 0 Å². The van der Waals surface area contributed by atoms with Crippen molar-refractivity contribution in [1.82, 2.24) is 4.98 Å². The molecule has 0 bridgehead atoms. The number of hydrogen-bond acceptors (Lipinski definition) is 7. The number of aryl methyl sites for hydroxylation is 1. The summed E-state index contributed by atoms with van der Waals surface area (Å²) in [5, 5.41) is 14.1. The van der Waals surface area contributed by atoms with Crippen molar-refractivity contribution >= 4 is 38.3 Å². The molecule has 0 radical (unpaired) electrons. The molecule has 1 N–H and O–H groups in total. The highest BCUT2D eigenvalue weighted by Crippen LogP contribution is 2.38. The number of benzene rings is 2. The van der Waals surface area contributed by atoms with Crippen LogP contribution in [-0.4, -0.2) is 29.0 Å². The Labute approximate surface area is 151 Å². The maximum atomic E-state index is 12.4. The van der Waals surface area contributed by atoms with Crippen molar-refractivity contribution in [1.29, 1.82) is 0 Å². The average molecular weight is 371 g/mol. The zero-order valence-electron chi connectivity index (χ0n) is 13.6. The van der Waals surface area contributed by atoms with Gasteiger partial charge in [-0.1, -0.05) is 17.4 Å². The van der Waals surface area contributed by atoms with Crippen LogP contribution >= 0.6 is 11.3 Å². The fourth-order valence-corrected chi connectivity index (χ4v) is 3.51. The number of rotatable bonds is 3. The summed E-state index contributed by atoms with van der Waals surface area (Å²) in [5.41, 5.74) is 1.29. The number of carbonyl (C=O) groups is 1. The molecule has 0 spiro atoms. The topological polar surface area (TPSA) is 104 Å². The number of hydrogen-bond donors (Lipinski definition) is 1. The summed E-state index contributed by atoms with van der Waals surface area (Å²) in [7, 11) is 0. The van der Waals surface area contributed by atoms with E-state index in [4.69, 9.17) is 9.47 Å². The van der Waals surface area contributed by atoms with Gasteiger partial charge in [-0.25, -0.2) is 4.98 Å². The van der Waals surface area contributed by atoms with E-state index in [-0.39, 0.29) is 11.3 Å². The number of nitro groups is 1. The van der Waals surface area contributed by atoms with Crippen molar-refractivity contribution in [2.45, 2.75) is 6.92 Å². The standard InChI is InChI=1S/C17H13N3O5S/c1-9-2-3-10(6-12(9)20(22)23)16(21)19-17-18-11-7-13-14(8-15(11)26-17)25-5-4-24-13/h2-3,6-8H,4-5H2,1H3,(H,18,19,21). The minimum Gasteiger partial charge on any atom is -0.486 e. The van der Waals surface area contributed by atoms with Gasteiger partial charge in [-0.3, -0.25) is 20.2 Å². The Morgan fingerprint density at radius 3 is 2.69 bits per heavy atom.